The van der Waals surface area contributed by atoms with E-state index in [9.17, 15) is 4.79 Å². The summed E-state index contributed by atoms with van der Waals surface area (Å²) in [4.78, 5) is 9.24. The van der Waals surface area contributed by atoms with Crippen molar-refractivity contribution in [1.29, 1.82) is 0 Å². The Morgan fingerprint density at radius 3 is 1.86 bits per heavy atom. The number of carboxylic acid groups (broad SMARTS) is 1. The van der Waals surface area contributed by atoms with Crippen LogP contribution in [0.4, 0.5) is 0 Å². The molecule has 0 bridgehead atoms. The van der Waals surface area contributed by atoms with Gasteiger partial charge in [0, 0.05) is 0 Å². The molecule has 0 spiro atoms. The molecule has 0 radical (unpaired) electrons. The zero-order chi connectivity index (χ0) is 6.28. The molecule has 0 aromatic heterocycles. The minimum absolute atomic E-state index is 0.278. The van der Waals surface area contributed by atoms with E-state index < -0.39 is 5.97 Å². The maximum absolute atomic E-state index is 9.24. The fourth-order valence-electron chi connectivity index (χ4n) is 0. The summed E-state index contributed by atoms with van der Waals surface area (Å²) in [6, 6.07) is 0. The molecule has 0 aliphatic heterocycles. The van der Waals surface area contributed by atoms with Crippen LogP contribution in [0.5, 0.6) is 0 Å². The van der Waals surface area contributed by atoms with Crippen molar-refractivity contribution in [3.8, 4) is 0 Å². The van der Waals surface area contributed by atoms with E-state index in [1.807, 2.05) is 0 Å². The molecule has 0 amide bonds. The second-order valence-corrected chi connectivity index (χ2v) is 0.598. The first-order valence-corrected chi connectivity index (χ1v) is 1.70. The second-order valence-electron chi connectivity index (χ2n) is 0.598. The summed E-state index contributed by atoms with van der Waals surface area (Å²) in [5.41, 5.74) is 4.57. The fraction of sp³-hybridized carbons (Fsp3) is 0.500. The zero-order valence-corrected chi connectivity index (χ0v) is 4.29. The van der Waals surface area contributed by atoms with E-state index in [2.05, 4.69) is 21.7 Å². The third kappa shape index (κ3) is 26.4. The van der Waals surface area contributed by atoms with Crippen LogP contribution in [-0.4, -0.2) is 17.6 Å². The van der Waals surface area contributed by atoms with Crippen LogP contribution in [0.25, 0.3) is 0 Å². The third-order valence-electron chi connectivity index (χ3n) is 0.175. The van der Waals surface area contributed by atoms with Crippen molar-refractivity contribution >= 4 is 5.97 Å². The maximum atomic E-state index is 9.24. The van der Waals surface area contributed by atoms with E-state index in [-0.39, 0.29) is 6.54 Å². The van der Waals surface area contributed by atoms with Crippen molar-refractivity contribution in [2.24, 2.45) is 5.73 Å². The van der Waals surface area contributed by atoms with Gasteiger partial charge in [0.2, 0.25) is 0 Å². The summed E-state index contributed by atoms with van der Waals surface area (Å²) in [5, 5.41) is 7.60. The average molecular weight is 155 g/mol. The summed E-state index contributed by atoms with van der Waals surface area (Å²) < 4.78 is 7.81. The van der Waals surface area contributed by atoms with Crippen LogP contribution in [0.1, 0.15) is 0 Å². The Morgan fingerprint density at radius 2 is 1.86 bits per heavy atom. The standard InChI is InChI=1S/C2H5NO2.Cu.O/c3-1-2(4)5;;/h1,3H2,(H,4,5);;. The van der Waals surface area contributed by atoms with E-state index in [4.69, 9.17) is 8.94 Å². The van der Waals surface area contributed by atoms with Gasteiger partial charge in [0.05, 0.1) is 6.54 Å². The molecule has 0 aliphatic rings. The van der Waals surface area contributed by atoms with Gasteiger partial charge in [-0.15, -0.1) is 0 Å². The molecule has 3 N–H and O–H groups in total. The molecule has 47 valence electrons. The quantitative estimate of drug-likeness (QED) is 0.471. The van der Waals surface area contributed by atoms with Crippen molar-refractivity contribution in [1.82, 2.24) is 0 Å². The summed E-state index contributed by atoms with van der Waals surface area (Å²) in [6.07, 6.45) is 0. The van der Waals surface area contributed by atoms with Gasteiger partial charge in [-0.05, 0) is 0 Å². The van der Waals surface area contributed by atoms with Gasteiger partial charge in [0.25, 0.3) is 0 Å². The van der Waals surface area contributed by atoms with Crippen LogP contribution in [0.2, 0.25) is 0 Å². The molecule has 0 aromatic rings. The molecule has 5 heteroatoms. The van der Waals surface area contributed by atoms with Gasteiger partial charge in [-0.3, -0.25) is 4.79 Å². The predicted octanol–water partition coefficient (Wildman–Crippen LogP) is -1.09. The molecular formula is C2H5CuNO3. The van der Waals surface area contributed by atoms with E-state index in [0.29, 0.717) is 0 Å². The third-order valence-corrected chi connectivity index (χ3v) is 0.175. The molecule has 0 aromatic carbocycles. The van der Waals surface area contributed by atoms with Gasteiger partial charge >= 0.3 is 25.7 Å². The van der Waals surface area contributed by atoms with Crippen molar-refractivity contribution in [3.63, 3.8) is 0 Å². The van der Waals surface area contributed by atoms with Gasteiger partial charge in [-0.2, -0.15) is 0 Å². The molecule has 4 nitrogen and oxygen atoms in total. The fourth-order valence-corrected chi connectivity index (χ4v) is 0. The first-order chi connectivity index (χ1) is 3.27. The molecule has 0 aliphatic carbocycles. The van der Waals surface area contributed by atoms with Crippen molar-refractivity contribution < 1.29 is 29.7 Å². The molecule has 7 heavy (non-hydrogen) atoms. The Hall–Kier alpha value is -0.251. The van der Waals surface area contributed by atoms with Gasteiger partial charge < -0.3 is 10.8 Å². The minimum atomic E-state index is -0.968. The Morgan fingerprint density at radius 1 is 1.71 bits per heavy atom. The van der Waals surface area contributed by atoms with Crippen LogP contribution < -0.4 is 5.73 Å². The molecule has 0 saturated carbocycles. The van der Waals surface area contributed by atoms with Gasteiger partial charge in [-0.25, -0.2) is 0 Å². The average Bonchev–Trinajstić information content (AvgIpc) is 1.73. The first-order valence-electron chi connectivity index (χ1n) is 1.31. The predicted molar refractivity (Wildman–Crippen MR) is 17.4 cm³/mol. The van der Waals surface area contributed by atoms with Crippen molar-refractivity contribution in [3.05, 3.63) is 0 Å². The Kier molecular flexibility index (Phi) is 13.0. The molecular weight excluding hydrogens is 150 g/mol. The summed E-state index contributed by atoms with van der Waals surface area (Å²) in [5.74, 6) is -0.968. The number of rotatable bonds is 1. The zero-order valence-electron chi connectivity index (χ0n) is 3.35. The molecule has 0 saturated heterocycles. The Balaban J connectivity index is 0. The number of carboxylic acids is 1. The van der Waals surface area contributed by atoms with Crippen LogP contribution in [0.15, 0.2) is 0 Å². The van der Waals surface area contributed by atoms with E-state index in [1.54, 1.807) is 0 Å². The molecule has 0 heterocycles. The van der Waals surface area contributed by atoms with Gasteiger partial charge in [0.15, 0.2) is 0 Å². The van der Waals surface area contributed by atoms with E-state index in [0.717, 1.165) is 0 Å². The van der Waals surface area contributed by atoms with E-state index >= 15 is 0 Å². The molecule has 0 unspecified atom stereocenters. The van der Waals surface area contributed by atoms with Crippen LogP contribution >= 0.6 is 0 Å². The number of aliphatic carboxylic acids is 1. The summed E-state index contributed by atoms with van der Waals surface area (Å²) >= 11 is 2.94. The van der Waals surface area contributed by atoms with Gasteiger partial charge in [0.1, 0.15) is 0 Å². The van der Waals surface area contributed by atoms with Crippen LogP contribution in [0.3, 0.4) is 0 Å². The van der Waals surface area contributed by atoms with Crippen LogP contribution in [-0.2, 0) is 24.6 Å². The monoisotopic (exact) mass is 154 g/mol. The molecule has 0 fully saturated rings. The van der Waals surface area contributed by atoms with E-state index in [1.165, 1.54) is 0 Å². The Labute approximate surface area is 48.7 Å². The molecule has 0 atom stereocenters. The van der Waals surface area contributed by atoms with Crippen LogP contribution in [0, 0.1) is 0 Å². The molecule has 0 rings (SSSR count). The Bertz CT molecular complexity index is 56.9. The topological polar surface area (TPSA) is 80.4 Å². The number of hydrogen-bond acceptors (Lipinski definition) is 3. The summed E-state index contributed by atoms with van der Waals surface area (Å²) in [7, 11) is 0. The second kappa shape index (κ2) is 9.23. The normalized spacial score (nSPS) is 6.14. The number of carbonyl (C=O) groups is 1. The van der Waals surface area contributed by atoms with Gasteiger partial charge in [-0.1, -0.05) is 0 Å². The van der Waals surface area contributed by atoms with Crippen molar-refractivity contribution in [2.75, 3.05) is 6.54 Å². The summed E-state index contributed by atoms with van der Waals surface area (Å²) in [6.45, 7) is -0.278. The SMILES string of the molecule is NCC(=O)O.[O]=[Cu]. The number of hydrogen-bond donors (Lipinski definition) is 2. The number of nitrogens with two attached hydrogens (primary N) is 1. The van der Waals surface area contributed by atoms with Crippen molar-refractivity contribution in [2.45, 2.75) is 0 Å². The first kappa shape index (κ1) is 9.89.